The van der Waals surface area contributed by atoms with Gasteiger partial charge in [0, 0.05) is 12.1 Å². The molecule has 1 aliphatic heterocycles. The highest BCUT2D eigenvalue weighted by atomic mass is 16.1. The summed E-state index contributed by atoms with van der Waals surface area (Å²) in [5.41, 5.74) is 2.08. The highest BCUT2D eigenvalue weighted by Crippen LogP contribution is 2.24. The van der Waals surface area contributed by atoms with E-state index in [0.717, 1.165) is 18.8 Å². The first-order valence-electron chi connectivity index (χ1n) is 7.22. The molecule has 1 atom stereocenters. The number of anilines is 1. The van der Waals surface area contributed by atoms with Crippen LogP contribution in [-0.4, -0.2) is 19.0 Å². The summed E-state index contributed by atoms with van der Waals surface area (Å²) in [6.07, 6.45) is 3.01. The Morgan fingerprint density at radius 3 is 2.84 bits per heavy atom. The molecule has 2 N–H and O–H groups in total. The third-order valence-electron chi connectivity index (χ3n) is 4.00. The van der Waals surface area contributed by atoms with E-state index in [4.69, 9.17) is 0 Å². The van der Waals surface area contributed by atoms with Crippen molar-refractivity contribution in [3.8, 4) is 0 Å². The standard InChI is InChI=1S/C16H24N2O/c1-12-4-3-5-15(10-12)18-16(19)11-13(2)14-6-8-17-9-7-14/h3-5,10,13-14,17H,6-9,11H2,1-2H3,(H,18,19). The fourth-order valence-corrected chi connectivity index (χ4v) is 2.81. The first-order chi connectivity index (χ1) is 9.15. The number of benzene rings is 1. The zero-order valence-electron chi connectivity index (χ0n) is 11.9. The van der Waals surface area contributed by atoms with Crippen LogP contribution in [0, 0.1) is 18.8 Å². The van der Waals surface area contributed by atoms with Gasteiger partial charge < -0.3 is 10.6 Å². The van der Waals surface area contributed by atoms with Crippen molar-refractivity contribution in [2.24, 2.45) is 11.8 Å². The first-order valence-corrected chi connectivity index (χ1v) is 7.22. The third-order valence-corrected chi connectivity index (χ3v) is 4.00. The van der Waals surface area contributed by atoms with Crippen LogP contribution in [0.5, 0.6) is 0 Å². The van der Waals surface area contributed by atoms with Crippen molar-refractivity contribution in [1.82, 2.24) is 5.32 Å². The van der Waals surface area contributed by atoms with Gasteiger partial charge in [-0.15, -0.1) is 0 Å². The Labute approximate surface area is 115 Å². The molecule has 0 aliphatic carbocycles. The lowest BCUT2D eigenvalue weighted by Crippen LogP contribution is -2.32. The second-order valence-corrected chi connectivity index (χ2v) is 5.69. The maximum atomic E-state index is 12.1. The summed E-state index contributed by atoms with van der Waals surface area (Å²) in [5.74, 6) is 1.29. The van der Waals surface area contributed by atoms with Crippen LogP contribution >= 0.6 is 0 Å². The maximum Gasteiger partial charge on any atom is 0.224 e. The Kier molecular flexibility index (Phi) is 4.97. The van der Waals surface area contributed by atoms with Gasteiger partial charge in [0.05, 0.1) is 0 Å². The summed E-state index contributed by atoms with van der Waals surface area (Å²) in [6.45, 7) is 6.42. The second-order valence-electron chi connectivity index (χ2n) is 5.69. The zero-order valence-corrected chi connectivity index (χ0v) is 11.9. The van der Waals surface area contributed by atoms with Gasteiger partial charge in [0.1, 0.15) is 0 Å². The zero-order chi connectivity index (χ0) is 13.7. The smallest absolute Gasteiger partial charge is 0.224 e. The minimum absolute atomic E-state index is 0.136. The number of aryl methyl sites for hydroxylation is 1. The van der Waals surface area contributed by atoms with Gasteiger partial charge in [-0.3, -0.25) is 4.79 Å². The SMILES string of the molecule is Cc1cccc(NC(=O)CC(C)C2CCNCC2)c1. The van der Waals surface area contributed by atoms with Crippen LogP contribution in [0.4, 0.5) is 5.69 Å². The minimum Gasteiger partial charge on any atom is -0.326 e. The Morgan fingerprint density at radius 1 is 1.42 bits per heavy atom. The second kappa shape index (κ2) is 6.71. The van der Waals surface area contributed by atoms with Crippen LogP contribution in [0.3, 0.4) is 0 Å². The molecule has 1 fully saturated rings. The molecule has 1 aliphatic rings. The average molecular weight is 260 g/mol. The topological polar surface area (TPSA) is 41.1 Å². The van der Waals surface area contributed by atoms with E-state index >= 15 is 0 Å². The molecule has 1 aromatic rings. The lowest BCUT2D eigenvalue weighted by molar-refractivity contribution is -0.117. The number of rotatable bonds is 4. The lowest BCUT2D eigenvalue weighted by atomic mass is 9.84. The number of amides is 1. The molecule has 3 heteroatoms. The van der Waals surface area contributed by atoms with Crippen LogP contribution in [-0.2, 0) is 4.79 Å². The predicted octanol–water partition coefficient (Wildman–Crippen LogP) is 2.96. The van der Waals surface area contributed by atoms with Gasteiger partial charge in [-0.2, -0.15) is 0 Å². The summed E-state index contributed by atoms with van der Waals surface area (Å²) in [7, 11) is 0. The van der Waals surface area contributed by atoms with Crippen LogP contribution in [0.1, 0.15) is 31.7 Å². The van der Waals surface area contributed by atoms with E-state index in [1.54, 1.807) is 0 Å². The number of hydrogen-bond acceptors (Lipinski definition) is 2. The van der Waals surface area contributed by atoms with Crippen molar-refractivity contribution >= 4 is 11.6 Å². The first kappa shape index (κ1) is 14.1. The number of carbonyl (C=O) groups is 1. The van der Waals surface area contributed by atoms with Gasteiger partial charge in [-0.1, -0.05) is 19.1 Å². The molecule has 1 saturated heterocycles. The number of piperidine rings is 1. The van der Waals surface area contributed by atoms with Crippen LogP contribution in [0.25, 0.3) is 0 Å². The Balaban J connectivity index is 1.83. The highest BCUT2D eigenvalue weighted by molar-refractivity contribution is 5.90. The van der Waals surface area contributed by atoms with E-state index in [9.17, 15) is 4.79 Å². The van der Waals surface area contributed by atoms with Crippen molar-refractivity contribution in [3.05, 3.63) is 29.8 Å². The van der Waals surface area contributed by atoms with Gasteiger partial charge in [0.2, 0.25) is 5.91 Å². The predicted molar refractivity (Wildman–Crippen MR) is 79.2 cm³/mol. The van der Waals surface area contributed by atoms with E-state index in [2.05, 4.69) is 17.6 Å². The van der Waals surface area contributed by atoms with Crippen molar-refractivity contribution < 1.29 is 4.79 Å². The summed E-state index contributed by atoms with van der Waals surface area (Å²) in [5, 5.41) is 6.37. The number of hydrogen-bond donors (Lipinski definition) is 2. The molecule has 3 nitrogen and oxygen atoms in total. The largest absolute Gasteiger partial charge is 0.326 e. The summed E-state index contributed by atoms with van der Waals surface area (Å²) in [6, 6.07) is 7.96. The monoisotopic (exact) mass is 260 g/mol. The van der Waals surface area contributed by atoms with Crippen LogP contribution in [0.2, 0.25) is 0 Å². The molecule has 104 valence electrons. The fraction of sp³-hybridized carbons (Fsp3) is 0.562. The Hall–Kier alpha value is -1.35. The van der Waals surface area contributed by atoms with Crippen LogP contribution < -0.4 is 10.6 Å². The van der Waals surface area contributed by atoms with E-state index < -0.39 is 0 Å². The van der Waals surface area contributed by atoms with Gasteiger partial charge in [0.25, 0.3) is 0 Å². The van der Waals surface area contributed by atoms with Crippen molar-refractivity contribution in [2.45, 2.75) is 33.1 Å². The van der Waals surface area contributed by atoms with Gasteiger partial charge >= 0.3 is 0 Å². The molecule has 2 rings (SSSR count). The van der Waals surface area contributed by atoms with E-state index in [1.807, 2.05) is 31.2 Å². The molecule has 1 heterocycles. The minimum atomic E-state index is 0.136. The van der Waals surface area contributed by atoms with Crippen molar-refractivity contribution in [1.29, 1.82) is 0 Å². The molecule has 0 radical (unpaired) electrons. The average Bonchev–Trinajstić information content (AvgIpc) is 2.39. The van der Waals surface area contributed by atoms with Crippen LogP contribution in [0.15, 0.2) is 24.3 Å². The fourth-order valence-electron chi connectivity index (χ4n) is 2.81. The summed E-state index contributed by atoms with van der Waals surface area (Å²) in [4.78, 5) is 12.1. The number of carbonyl (C=O) groups excluding carboxylic acids is 1. The van der Waals surface area contributed by atoms with Crippen molar-refractivity contribution in [3.63, 3.8) is 0 Å². The quantitative estimate of drug-likeness (QED) is 0.874. The molecule has 0 bridgehead atoms. The lowest BCUT2D eigenvalue weighted by Gasteiger charge is -2.27. The van der Waals surface area contributed by atoms with E-state index in [-0.39, 0.29) is 5.91 Å². The Morgan fingerprint density at radius 2 is 2.16 bits per heavy atom. The molecular weight excluding hydrogens is 236 g/mol. The highest BCUT2D eigenvalue weighted by Gasteiger charge is 2.21. The van der Waals surface area contributed by atoms with E-state index in [0.29, 0.717) is 18.3 Å². The molecule has 0 spiro atoms. The van der Waals surface area contributed by atoms with E-state index in [1.165, 1.54) is 18.4 Å². The molecule has 1 unspecified atom stereocenters. The molecule has 19 heavy (non-hydrogen) atoms. The molecule has 0 aromatic heterocycles. The van der Waals surface area contributed by atoms with Crippen molar-refractivity contribution in [2.75, 3.05) is 18.4 Å². The third kappa shape index (κ3) is 4.35. The van der Waals surface area contributed by atoms with Gasteiger partial charge in [-0.25, -0.2) is 0 Å². The molecule has 0 saturated carbocycles. The molecular formula is C16H24N2O. The van der Waals surface area contributed by atoms with Gasteiger partial charge in [0.15, 0.2) is 0 Å². The molecule has 1 amide bonds. The molecule has 1 aromatic carbocycles. The summed E-state index contributed by atoms with van der Waals surface area (Å²) >= 11 is 0. The number of nitrogens with one attached hydrogen (secondary N) is 2. The van der Waals surface area contributed by atoms with Gasteiger partial charge in [-0.05, 0) is 62.4 Å². The maximum absolute atomic E-state index is 12.1. The normalized spacial score (nSPS) is 18.0. The summed E-state index contributed by atoms with van der Waals surface area (Å²) < 4.78 is 0. The Bertz CT molecular complexity index is 425.